The van der Waals surface area contributed by atoms with Gasteiger partial charge < -0.3 is 4.74 Å². The van der Waals surface area contributed by atoms with Gasteiger partial charge in [-0.3, -0.25) is 9.78 Å². The smallest absolute Gasteiger partial charge is 0.293 e. The van der Waals surface area contributed by atoms with Gasteiger partial charge in [-0.05, 0) is 37.8 Å². The second-order valence-electron chi connectivity index (χ2n) is 3.77. The van der Waals surface area contributed by atoms with Crippen molar-refractivity contribution in [3.63, 3.8) is 0 Å². The number of ether oxygens (including phenoxy) is 1. The van der Waals surface area contributed by atoms with Crippen LogP contribution < -0.4 is 0 Å². The number of nitrogens with zero attached hydrogens (tertiary/aromatic N) is 1. The summed E-state index contributed by atoms with van der Waals surface area (Å²) in [6.45, 7) is 13.1. The van der Waals surface area contributed by atoms with Crippen molar-refractivity contribution in [3.05, 3.63) is 29.1 Å². The molecule has 3 heteroatoms. The summed E-state index contributed by atoms with van der Waals surface area (Å²) in [5.41, 5.74) is 3.97. The summed E-state index contributed by atoms with van der Waals surface area (Å²) in [5, 5.41) is 0. The van der Waals surface area contributed by atoms with Crippen LogP contribution in [0, 0.1) is 6.92 Å². The predicted molar refractivity (Wildman–Crippen MR) is 81.4 cm³/mol. The lowest BCUT2D eigenvalue weighted by Crippen LogP contribution is -1.96. The molecule has 0 atom stereocenters. The Morgan fingerprint density at radius 3 is 2.26 bits per heavy atom. The first-order valence-corrected chi connectivity index (χ1v) is 7.19. The molecule has 0 aromatic carbocycles. The first kappa shape index (κ1) is 19.9. The lowest BCUT2D eigenvalue weighted by atomic mass is 10.1. The molecule has 0 radical (unpaired) electrons. The Morgan fingerprint density at radius 2 is 1.89 bits per heavy atom. The van der Waals surface area contributed by atoms with Crippen molar-refractivity contribution in [2.45, 2.75) is 60.8 Å². The molecule has 1 heterocycles. The third-order valence-electron chi connectivity index (χ3n) is 2.30. The summed E-state index contributed by atoms with van der Waals surface area (Å²) in [7, 11) is 0. The Kier molecular flexibility index (Phi) is 15.4. The first-order chi connectivity index (χ1) is 9.19. The molecule has 1 aromatic heterocycles. The van der Waals surface area contributed by atoms with E-state index in [-0.39, 0.29) is 0 Å². The quantitative estimate of drug-likeness (QED) is 0.754. The molecular formula is C16H29NO2. The van der Waals surface area contributed by atoms with Crippen LogP contribution in [-0.4, -0.2) is 18.1 Å². The molecule has 1 aromatic rings. The second kappa shape index (κ2) is 14.7. The molecule has 1 rings (SSSR count). The minimum atomic E-state index is 0.431. The van der Waals surface area contributed by atoms with Gasteiger partial charge in [0.25, 0.3) is 6.47 Å². The molecule has 110 valence electrons. The van der Waals surface area contributed by atoms with E-state index >= 15 is 0 Å². The maximum absolute atomic E-state index is 9.18. The van der Waals surface area contributed by atoms with Gasteiger partial charge in [0, 0.05) is 11.9 Å². The Bertz CT molecular complexity index is 325. The Balaban J connectivity index is 0. The van der Waals surface area contributed by atoms with Crippen LogP contribution in [0.4, 0.5) is 0 Å². The number of aromatic nitrogens is 1. The molecule has 0 amide bonds. The van der Waals surface area contributed by atoms with E-state index in [4.69, 9.17) is 0 Å². The second-order valence-corrected chi connectivity index (χ2v) is 3.77. The monoisotopic (exact) mass is 267 g/mol. The van der Waals surface area contributed by atoms with E-state index in [1.807, 2.05) is 20.0 Å². The van der Waals surface area contributed by atoms with Gasteiger partial charge in [-0.2, -0.15) is 0 Å². The zero-order valence-corrected chi connectivity index (χ0v) is 13.3. The van der Waals surface area contributed by atoms with E-state index in [1.165, 1.54) is 23.2 Å². The third-order valence-corrected chi connectivity index (χ3v) is 2.30. The number of pyridine rings is 1. The van der Waals surface area contributed by atoms with Gasteiger partial charge in [-0.1, -0.05) is 40.2 Å². The van der Waals surface area contributed by atoms with Crippen LogP contribution in [0.15, 0.2) is 12.3 Å². The molecule has 0 saturated heterocycles. The minimum Gasteiger partial charge on any atom is -0.468 e. The first-order valence-electron chi connectivity index (χ1n) is 7.19. The number of carbonyl (C=O) groups excluding carboxylic acids is 1. The maximum atomic E-state index is 9.18. The fourth-order valence-electron chi connectivity index (χ4n) is 1.49. The molecule has 0 spiro atoms. The molecule has 0 saturated carbocycles. The van der Waals surface area contributed by atoms with Crippen molar-refractivity contribution in [2.24, 2.45) is 0 Å². The average molecular weight is 267 g/mol. The number of aryl methyl sites for hydroxylation is 3. The van der Waals surface area contributed by atoms with Crippen molar-refractivity contribution >= 4 is 6.47 Å². The van der Waals surface area contributed by atoms with Gasteiger partial charge in [-0.15, -0.1) is 0 Å². The zero-order valence-electron chi connectivity index (χ0n) is 13.3. The molecule has 19 heavy (non-hydrogen) atoms. The Hall–Kier alpha value is -1.38. The minimum absolute atomic E-state index is 0.431. The maximum Gasteiger partial charge on any atom is 0.293 e. The molecule has 0 aliphatic rings. The third kappa shape index (κ3) is 10.2. The molecule has 0 aliphatic carbocycles. The Morgan fingerprint density at radius 1 is 1.26 bits per heavy atom. The van der Waals surface area contributed by atoms with Gasteiger partial charge >= 0.3 is 0 Å². The largest absolute Gasteiger partial charge is 0.468 e. The fourth-order valence-corrected chi connectivity index (χ4v) is 1.49. The van der Waals surface area contributed by atoms with Crippen LogP contribution in [0.5, 0.6) is 0 Å². The Labute approximate surface area is 118 Å². The molecule has 0 N–H and O–H groups in total. The number of hydrogen-bond acceptors (Lipinski definition) is 3. The van der Waals surface area contributed by atoms with Gasteiger partial charge in [-0.25, -0.2) is 0 Å². The van der Waals surface area contributed by atoms with Crippen molar-refractivity contribution in [3.8, 4) is 0 Å². The highest BCUT2D eigenvalue weighted by molar-refractivity contribution is 5.36. The number of hydrogen-bond donors (Lipinski definition) is 0. The van der Waals surface area contributed by atoms with E-state index in [0.29, 0.717) is 13.1 Å². The van der Waals surface area contributed by atoms with Crippen LogP contribution in [-0.2, 0) is 22.4 Å². The zero-order chi connectivity index (χ0) is 15.1. The molecule has 0 fully saturated rings. The predicted octanol–water partition coefficient (Wildman–Crippen LogP) is 4.11. The molecule has 0 bridgehead atoms. The van der Waals surface area contributed by atoms with Gasteiger partial charge in [0.05, 0.1) is 6.61 Å². The standard InChI is InChI=1S/C11H17N.C3H6O2.C2H6/c1-4-6-11-10(5-2)7-9(3)8-12-11;1-2-5-3-4;1-2/h7-8H,4-6H2,1-3H3;3H,2H2,1H3;1-2H3. The summed E-state index contributed by atoms with van der Waals surface area (Å²) in [6, 6.07) is 2.25. The van der Waals surface area contributed by atoms with Crippen LogP contribution in [0.2, 0.25) is 0 Å². The van der Waals surface area contributed by atoms with Gasteiger partial charge in [0.1, 0.15) is 0 Å². The van der Waals surface area contributed by atoms with Crippen LogP contribution >= 0.6 is 0 Å². The summed E-state index contributed by atoms with van der Waals surface area (Å²) in [6.07, 6.45) is 5.36. The lowest BCUT2D eigenvalue weighted by Gasteiger charge is -2.05. The molecular weight excluding hydrogens is 238 g/mol. The highest BCUT2D eigenvalue weighted by atomic mass is 16.5. The fraction of sp³-hybridized carbons (Fsp3) is 0.625. The normalized spacial score (nSPS) is 8.53. The average Bonchev–Trinajstić information content (AvgIpc) is 2.45. The van der Waals surface area contributed by atoms with Crippen LogP contribution in [0.25, 0.3) is 0 Å². The van der Waals surface area contributed by atoms with E-state index in [2.05, 4.69) is 36.6 Å². The number of rotatable bonds is 5. The van der Waals surface area contributed by atoms with Crippen LogP contribution in [0.1, 0.15) is 57.9 Å². The van der Waals surface area contributed by atoms with Crippen molar-refractivity contribution in [1.82, 2.24) is 4.98 Å². The van der Waals surface area contributed by atoms with E-state index in [9.17, 15) is 4.79 Å². The van der Waals surface area contributed by atoms with Crippen molar-refractivity contribution in [1.29, 1.82) is 0 Å². The van der Waals surface area contributed by atoms with E-state index < -0.39 is 0 Å². The van der Waals surface area contributed by atoms with Crippen molar-refractivity contribution in [2.75, 3.05) is 6.61 Å². The highest BCUT2D eigenvalue weighted by Gasteiger charge is 2.00. The lowest BCUT2D eigenvalue weighted by molar-refractivity contribution is -0.128. The van der Waals surface area contributed by atoms with E-state index in [1.54, 1.807) is 6.92 Å². The summed E-state index contributed by atoms with van der Waals surface area (Å²) in [4.78, 5) is 13.6. The highest BCUT2D eigenvalue weighted by Crippen LogP contribution is 2.10. The molecule has 3 nitrogen and oxygen atoms in total. The van der Waals surface area contributed by atoms with Gasteiger partial charge in [0.2, 0.25) is 0 Å². The molecule has 0 aliphatic heterocycles. The SMILES string of the molecule is CC.CCCc1ncc(C)cc1CC.CCOC=O. The van der Waals surface area contributed by atoms with E-state index in [0.717, 1.165) is 12.8 Å². The van der Waals surface area contributed by atoms with Crippen molar-refractivity contribution < 1.29 is 9.53 Å². The number of carbonyl (C=O) groups is 1. The summed E-state index contributed by atoms with van der Waals surface area (Å²) < 4.78 is 4.15. The van der Waals surface area contributed by atoms with Crippen LogP contribution in [0.3, 0.4) is 0 Å². The molecule has 0 unspecified atom stereocenters. The summed E-state index contributed by atoms with van der Waals surface area (Å²) in [5.74, 6) is 0. The van der Waals surface area contributed by atoms with Gasteiger partial charge in [0.15, 0.2) is 0 Å². The topological polar surface area (TPSA) is 39.2 Å². The summed E-state index contributed by atoms with van der Waals surface area (Å²) >= 11 is 0.